The van der Waals surface area contributed by atoms with Gasteiger partial charge in [-0.05, 0) is 45.1 Å². The van der Waals surface area contributed by atoms with Crippen molar-refractivity contribution in [1.82, 2.24) is 10.2 Å². The van der Waals surface area contributed by atoms with E-state index in [9.17, 15) is 0 Å². The quantitative estimate of drug-likeness (QED) is 0.775. The van der Waals surface area contributed by atoms with E-state index in [1.165, 1.54) is 51.6 Å². The van der Waals surface area contributed by atoms with Gasteiger partial charge in [-0.25, -0.2) is 0 Å². The van der Waals surface area contributed by atoms with Crippen LogP contribution in [0.1, 0.15) is 38.5 Å². The summed E-state index contributed by atoms with van der Waals surface area (Å²) in [5.41, 5.74) is 6.26. The predicted octanol–water partition coefficient (Wildman–Crippen LogP) is 0.711. The highest BCUT2D eigenvalue weighted by atomic mass is 16.5. The highest BCUT2D eigenvalue weighted by molar-refractivity contribution is 5.00. The van der Waals surface area contributed by atoms with Crippen LogP contribution in [0.4, 0.5) is 0 Å². The zero-order valence-electron chi connectivity index (χ0n) is 11.4. The normalized spacial score (nSPS) is 41.2. The summed E-state index contributed by atoms with van der Waals surface area (Å²) >= 11 is 0. The molecule has 0 spiro atoms. The van der Waals surface area contributed by atoms with E-state index in [-0.39, 0.29) is 5.54 Å². The van der Waals surface area contributed by atoms with Crippen molar-refractivity contribution in [1.29, 1.82) is 0 Å². The molecule has 0 aromatic carbocycles. The van der Waals surface area contributed by atoms with Crippen LogP contribution < -0.4 is 11.1 Å². The molecule has 3 fully saturated rings. The van der Waals surface area contributed by atoms with Crippen molar-refractivity contribution in [2.75, 3.05) is 32.8 Å². The van der Waals surface area contributed by atoms with Gasteiger partial charge in [0.1, 0.15) is 0 Å². The average molecular weight is 253 g/mol. The molecule has 0 bridgehead atoms. The smallest absolute Gasteiger partial charge is 0.0700 e. The Hall–Kier alpha value is -0.160. The zero-order valence-corrected chi connectivity index (χ0v) is 11.4. The molecule has 0 aliphatic carbocycles. The van der Waals surface area contributed by atoms with E-state index in [1.807, 2.05) is 0 Å². The third-order valence-electron chi connectivity index (χ3n) is 5.12. The minimum absolute atomic E-state index is 0.178. The van der Waals surface area contributed by atoms with Gasteiger partial charge >= 0.3 is 0 Å². The van der Waals surface area contributed by atoms with E-state index in [4.69, 9.17) is 10.5 Å². The van der Waals surface area contributed by atoms with Gasteiger partial charge in [0.25, 0.3) is 0 Å². The molecule has 3 heterocycles. The Bertz CT molecular complexity index is 280. The molecule has 3 atom stereocenters. The van der Waals surface area contributed by atoms with Crippen molar-refractivity contribution in [3.8, 4) is 0 Å². The lowest BCUT2D eigenvalue weighted by atomic mass is 9.83. The van der Waals surface area contributed by atoms with Crippen molar-refractivity contribution >= 4 is 0 Å². The summed E-state index contributed by atoms with van der Waals surface area (Å²) in [6, 6.07) is 0.777. The summed E-state index contributed by atoms with van der Waals surface area (Å²) < 4.78 is 5.71. The van der Waals surface area contributed by atoms with Crippen LogP contribution in [-0.2, 0) is 4.74 Å². The van der Waals surface area contributed by atoms with Crippen LogP contribution in [0.5, 0.6) is 0 Å². The Morgan fingerprint density at radius 3 is 3.00 bits per heavy atom. The van der Waals surface area contributed by atoms with Crippen LogP contribution in [0.15, 0.2) is 0 Å². The lowest BCUT2D eigenvalue weighted by Crippen LogP contribution is -2.60. The summed E-state index contributed by atoms with van der Waals surface area (Å²) in [7, 11) is 0. The Kier molecular flexibility index (Phi) is 3.89. The van der Waals surface area contributed by atoms with Crippen molar-refractivity contribution in [2.24, 2.45) is 5.73 Å². The number of ether oxygens (including phenoxy) is 1. The van der Waals surface area contributed by atoms with E-state index in [0.29, 0.717) is 6.10 Å². The van der Waals surface area contributed by atoms with Gasteiger partial charge in [0, 0.05) is 37.8 Å². The molecule has 3 rings (SSSR count). The Morgan fingerprint density at radius 1 is 1.28 bits per heavy atom. The first-order chi connectivity index (χ1) is 8.81. The lowest BCUT2D eigenvalue weighted by Gasteiger charge is -2.44. The molecule has 3 aliphatic heterocycles. The van der Waals surface area contributed by atoms with Crippen LogP contribution in [0.2, 0.25) is 0 Å². The standard InChI is InChI=1S/C14H27N3O/c15-11-14(16-10-13-4-2-8-18-13)5-7-17-6-1-3-12(17)9-14/h12-13,16H,1-11,15H2. The first-order valence-electron chi connectivity index (χ1n) is 7.62. The monoisotopic (exact) mass is 253 g/mol. The number of fused-ring (bicyclic) bond motifs is 1. The maximum Gasteiger partial charge on any atom is 0.0700 e. The molecule has 0 aromatic rings. The highest BCUT2D eigenvalue weighted by Gasteiger charge is 2.40. The molecule has 3 unspecified atom stereocenters. The van der Waals surface area contributed by atoms with Crippen LogP contribution >= 0.6 is 0 Å². The van der Waals surface area contributed by atoms with E-state index in [2.05, 4.69) is 10.2 Å². The summed E-state index contributed by atoms with van der Waals surface area (Å²) in [5, 5.41) is 3.76. The van der Waals surface area contributed by atoms with Gasteiger partial charge in [-0.3, -0.25) is 0 Å². The molecular weight excluding hydrogens is 226 g/mol. The van der Waals surface area contributed by atoms with Gasteiger partial charge in [-0.15, -0.1) is 0 Å². The molecule has 4 nitrogen and oxygen atoms in total. The topological polar surface area (TPSA) is 50.5 Å². The van der Waals surface area contributed by atoms with Gasteiger partial charge in [0.2, 0.25) is 0 Å². The largest absolute Gasteiger partial charge is 0.377 e. The highest BCUT2D eigenvalue weighted by Crippen LogP contribution is 2.32. The third kappa shape index (κ3) is 2.57. The second-order valence-electron chi connectivity index (χ2n) is 6.29. The molecule has 0 radical (unpaired) electrons. The first-order valence-corrected chi connectivity index (χ1v) is 7.62. The fourth-order valence-electron chi connectivity index (χ4n) is 3.89. The van der Waals surface area contributed by atoms with Crippen LogP contribution in [0, 0.1) is 0 Å². The second kappa shape index (κ2) is 5.45. The Morgan fingerprint density at radius 2 is 2.22 bits per heavy atom. The molecule has 0 amide bonds. The summed E-state index contributed by atoms with van der Waals surface area (Å²) in [5.74, 6) is 0. The number of nitrogens with two attached hydrogens (primary N) is 1. The maximum absolute atomic E-state index is 6.08. The molecule has 3 saturated heterocycles. The molecule has 3 N–H and O–H groups in total. The van der Waals surface area contributed by atoms with Gasteiger partial charge in [0.05, 0.1) is 6.10 Å². The SMILES string of the molecule is NCC1(NCC2CCCO2)CCN2CCCC2C1. The van der Waals surface area contributed by atoms with Crippen LogP contribution in [-0.4, -0.2) is 55.4 Å². The summed E-state index contributed by atoms with van der Waals surface area (Å²) in [6.07, 6.45) is 8.03. The maximum atomic E-state index is 6.08. The molecular formula is C14H27N3O. The van der Waals surface area contributed by atoms with Crippen molar-refractivity contribution in [3.63, 3.8) is 0 Å². The molecule has 18 heavy (non-hydrogen) atoms. The van der Waals surface area contributed by atoms with Crippen LogP contribution in [0.3, 0.4) is 0 Å². The Labute approximate surface area is 110 Å². The van der Waals surface area contributed by atoms with Gasteiger partial charge in [-0.2, -0.15) is 0 Å². The van der Waals surface area contributed by atoms with E-state index >= 15 is 0 Å². The number of nitrogens with one attached hydrogen (secondary N) is 1. The van der Waals surface area contributed by atoms with Gasteiger partial charge in [0.15, 0.2) is 0 Å². The Balaban J connectivity index is 1.56. The molecule has 104 valence electrons. The van der Waals surface area contributed by atoms with Gasteiger partial charge < -0.3 is 20.7 Å². The van der Waals surface area contributed by atoms with E-state index in [1.54, 1.807) is 0 Å². The van der Waals surface area contributed by atoms with Crippen molar-refractivity contribution in [2.45, 2.75) is 56.2 Å². The zero-order chi connectivity index (χ0) is 12.4. The lowest BCUT2D eigenvalue weighted by molar-refractivity contribution is 0.0747. The van der Waals surface area contributed by atoms with E-state index < -0.39 is 0 Å². The van der Waals surface area contributed by atoms with Crippen molar-refractivity contribution in [3.05, 3.63) is 0 Å². The second-order valence-corrected chi connectivity index (χ2v) is 6.29. The average Bonchev–Trinajstić information content (AvgIpc) is 3.07. The van der Waals surface area contributed by atoms with Crippen molar-refractivity contribution < 1.29 is 4.74 Å². The van der Waals surface area contributed by atoms with E-state index in [0.717, 1.165) is 25.7 Å². The summed E-state index contributed by atoms with van der Waals surface area (Å²) in [4.78, 5) is 2.65. The fraction of sp³-hybridized carbons (Fsp3) is 1.00. The minimum atomic E-state index is 0.178. The number of hydrogen-bond donors (Lipinski definition) is 2. The molecule has 0 saturated carbocycles. The number of piperidine rings is 1. The molecule has 3 aliphatic rings. The first kappa shape index (κ1) is 12.9. The van der Waals surface area contributed by atoms with Gasteiger partial charge in [-0.1, -0.05) is 0 Å². The molecule has 0 aromatic heterocycles. The third-order valence-corrected chi connectivity index (χ3v) is 5.12. The predicted molar refractivity (Wildman–Crippen MR) is 72.6 cm³/mol. The number of rotatable bonds is 4. The number of hydrogen-bond acceptors (Lipinski definition) is 4. The number of nitrogens with zero attached hydrogens (tertiary/aromatic N) is 1. The van der Waals surface area contributed by atoms with Crippen LogP contribution in [0.25, 0.3) is 0 Å². The molecule has 4 heteroatoms. The fourth-order valence-corrected chi connectivity index (χ4v) is 3.89. The minimum Gasteiger partial charge on any atom is -0.377 e. The summed E-state index contributed by atoms with van der Waals surface area (Å²) in [6.45, 7) is 5.23.